The fourth-order valence-corrected chi connectivity index (χ4v) is 8.46. The zero-order valence-electron chi connectivity index (χ0n) is 51.5. The second kappa shape index (κ2) is 39.0. The van der Waals surface area contributed by atoms with Crippen LogP contribution in [0.2, 0.25) is 0 Å². The molecule has 0 aliphatic carbocycles. The van der Waals surface area contributed by atoms with Crippen molar-refractivity contribution in [2.45, 2.75) is 200 Å². The molecule has 0 unspecified atom stereocenters. The molecule has 0 fully saturated rings. The lowest BCUT2D eigenvalue weighted by Gasteiger charge is -2.30. The number of carboxylic acids is 1. The van der Waals surface area contributed by atoms with Gasteiger partial charge in [0.2, 0.25) is 70.9 Å². The standard InChI is InChI=1S/C57H96N14O15/c1-12-32(8)46(71-49(78)35(11)63-50(79)37(20-16-17-23-58)64-55(84)42(28-72)69-47(76)33(9)59)57(86)65-38(21-22-43(60)73)51(80)70-45(31(6)7)56(85)68-41(26-36-18-14-13-15-19-36)54(83)67-40(25-30(4)5)53(82)66-39(24-29(2)3)52(81)62-34(10)48(77)61-27-44(74)75/h13-15,18-19,29-35,37-42,45-46,72H,12,16-17,20-28,58-59H2,1-11H3,(H2,60,73)(H,61,77)(H,62,81)(H,63,79)(H,64,84)(H,65,86)(H,66,82)(H,67,83)(H,68,85)(H,69,76)(H,70,80)(H,71,78)(H,74,75)/t32-,33-,34-,35-,37-,38-,39-,40-,41-,42-,45-,46-/m0/s1. The lowest BCUT2D eigenvalue weighted by atomic mass is 9.96. The third-order valence-electron chi connectivity index (χ3n) is 13.7. The summed E-state index contributed by atoms with van der Waals surface area (Å²) in [5.74, 6) is -12.8. The SMILES string of the molecule is CC[C@H](C)[C@H](NC(=O)[C@H](C)NC(=O)[C@H](CCCCN)NC(=O)[C@H](CO)NC(=O)[C@H](C)N)C(=O)N[C@@H](CCC(N)=O)C(=O)N[C@H](C(=O)N[C@@H](Cc1ccccc1)C(=O)N[C@@H](CC(C)C)C(=O)N[C@@H](CC(C)C)C(=O)N[C@@H](C)C(=O)NCC(=O)O)C(C)C. The molecular weight excluding hydrogens is 1120 g/mol. The lowest BCUT2D eigenvalue weighted by Crippen LogP contribution is -2.62. The Balaban J connectivity index is 3.52. The van der Waals surface area contributed by atoms with E-state index in [0.717, 1.165) is 0 Å². The van der Waals surface area contributed by atoms with E-state index in [2.05, 4.69) is 58.5 Å². The predicted molar refractivity (Wildman–Crippen MR) is 317 cm³/mol. The maximum atomic E-state index is 14.5. The quantitative estimate of drug-likeness (QED) is 0.0289. The van der Waals surface area contributed by atoms with Gasteiger partial charge in [0.15, 0.2) is 0 Å². The van der Waals surface area contributed by atoms with E-state index in [9.17, 15) is 67.4 Å². The zero-order chi connectivity index (χ0) is 65.5. The van der Waals surface area contributed by atoms with Crippen molar-refractivity contribution in [1.82, 2.24) is 58.5 Å². The van der Waals surface area contributed by atoms with Crippen molar-refractivity contribution in [1.29, 1.82) is 0 Å². The average Bonchev–Trinajstić information content (AvgIpc) is 2.72. The first-order chi connectivity index (χ1) is 40.3. The summed E-state index contributed by atoms with van der Waals surface area (Å²) in [4.78, 5) is 173. The van der Waals surface area contributed by atoms with Crippen LogP contribution in [0.25, 0.3) is 0 Å². The van der Waals surface area contributed by atoms with Crippen LogP contribution in [0.15, 0.2) is 30.3 Å². The molecule has 86 heavy (non-hydrogen) atoms. The molecule has 0 saturated heterocycles. The van der Waals surface area contributed by atoms with Crippen molar-refractivity contribution in [3.63, 3.8) is 0 Å². The van der Waals surface area contributed by atoms with Gasteiger partial charge in [-0.05, 0) is 95.1 Å². The van der Waals surface area contributed by atoms with Gasteiger partial charge in [-0.15, -0.1) is 0 Å². The van der Waals surface area contributed by atoms with Gasteiger partial charge in [0.25, 0.3) is 0 Å². The molecule has 0 aromatic heterocycles. The van der Waals surface area contributed by atoms with E-state index in [4.69, 9.17) is 22.3 Å². The van der Waals surface area contributed by atoms with Crippen LogP contribution in [-0.2, 0) is 68.7 Å². The summed E-state index contributed by atoms with van der Waals surface area (Å²) in [6, 6.07) is -5.83. The topological polar surface area (TPSA) is 473 Å². The number of carbonyl (C=O) groups is 13. The predicted octanol–water partition coefficient (Wildman–Crippen LogP) is -3.15. The molecule has 484 valence electrons. The van der Waals surface area contributed by atoms with Crippen LogP contribution in [0, 0.1) is 23.7 Å². The van der Waals surface area contributed by atoms with Gasteiger partial charge in [-0.3, -0.25) is 62.3 Å². The molecule has 1 aromatic rings. The molecule has 29 nitrogen and oxygen atoms in total. The van der Waals surface area contributed by atoms with Crippen LogP contribution >= 0.6 is 0 Å². The molecule has 0 aliphatic rings. The molecule has 12 amide bonds. The fourth-order valence-electron chi connectivity index (χ4n) is 8.46. The van der Waals surface area contributed by atoms with Gasteiger partial charge in [-0.2, -0.15) is 0 Å². The van der Waals surface area contributed by atoms with E-state index in [0.29, 0.717) is 24.8 Å². The molecule has 1 rings (SSSR count). The maximum absolute atomic E-state index is 14.5. The summed E-state index contributed by atoms with van der Waals surface area (Å²) >= 11 is 0. The fraction of sp³-hybridized carbons (Fsp3) is 0.667. The molecule has 19 N–H and O–H groups in total. The highest BCUT2D eigenvalue weighted by atomic mass is 16.4. The number of hydrogen-bond donors (Lipinski definition) is 16. The number of benzene rings is 1. The first-order valence-corrected chi connectivity index (χ1v) is 29.2. The van der Waals surface area contributed by atoms with Crippen LogP contribution in [0.5, 0.6) is 0 Å². The molecule has 0 aliphatic heterocycles. The molecule has 0 bridgehead atoms. The molecule has 12 atom stereocenters. The van der Waals surface area contributed by atoms with Gasteiger partial charge in [0, 0.05) is 12.8 Å². The first-order valence-electron chi connectivity index (χ1n) is 29.2. The Bertz CT molecular complexity index is 2450. The molecule has 0 heterocycles. The van der Waals surface area contributed by atoms with E-state index in [1.54, 1.807) is 85.7 Å². The van der Waals surface area contributed by atoms with Crippen molar-refractivity contribution >= 4 is 76.9 Å². The minimum Gasteiger partial charge on any atom is -0.480 e. The van der Waals surface area contributed by atoms with Crippen molar-refractivity contribution in [3.8, 4) is 0 Å². The Morgan fingerprint density at radius 2 is 0.919 bits per heavy atom. The number of carboxylic acid groups (broad SMARTS) is 1. The Kier molecular flexibility index (Phi) is 34.6. The summed E-state index contributed by atoms with van der Waals surface area (Å²) in [7, 11) is 0. The Labute approximate surface area is 503 Å². The number of primary amides is 1. The van der Waals surface area contributed by atoms with E-state index in [1.165, 1.54) is 20.8 Å². The molecule has 29 heteroatoms. The average molecular weight is 1220 g/mol. The summed E-state index contributed by atoms with van der Waals surface area (Å²) in [5.41, 5.74) is 17.3. The van der Waals surface area contributed by atoms with E-state index in [-0.39, 0.29) is 50.5 Å². The minimum absolute atomic E-state index is 0.0492. The number of carbonyl (C=O) groups excluding carboxylic acids is 12. The van der Waals surface area contributed by atoms with Crippen molar-refractivity contribution in [2.75, 3.05) is 19.7 Å². The molecule has 0 spiro atoms. The largest absolute Gasteiger partial charge is 0.480 e. The molecular formula is C57H96N14O15. The van der Waals surface area contributed by atoms with Crippen LogP contribution in [0.1, 0.15) is 133 Å². The number of unbranched alkanes of at least 4 members (excludes halogenated alkanes) is 1. The number of amides is 12. The van der Waals surface area contributed by atoms with Crippen LogP contribution in [0.4, 0.5) is 0 Å². The highest BCUT2D eigenvalue weighted by Gasteiger charge is 2.37. The van der Waals surface area contributed by atoms with Gasteiger partial charge in [0.05, 0.1) is 12.6 Å². The van der Waals surface area contributed by atoms with Gasteiger partial charge < -0.3 is 85.9 Å². The summed E-state index contributed by atoms with van der Waals surface area (Å²) in [6.07, 6.45) is 0.469. The number of aliphatic hydroxyl groups is 1. The van der Waals surface area contributed by atoms with Crippen molar-refractivity contribution in [3.05, 3.63) is 35.9 Å². The van der Waals surface area contributed by atoms with E-state index < -0.39 is 175 Å². The molecule has 0 radical (unpaired) electrons. The number of nitrogens with one attached hydrogen (secondary N) is 11. The van der Waals surface area contributed by atoms with E-state index >= 15 is 0 Å². The number of nitrogens with two attached hydrogens (primary N) is 3. The van der Waals surface area contributed by atoms with Gasteiger partial charge in [-0.1, -0.05) is 92.1 Å². The van der Waals surface area contributed by atoms with Crippen LogP contribution in [0.3, 0.4) is 0 Å². The second-order valence-electron chi connectivity index (χ2n) is 22.8. The van der Waals surface area contributed by atoms with Gasteiger partial charge >= 0.3 is 5.97 Å². The first kappa shape index (κ1) is 76.2. The van der Waals surface area contributed by atoms with Gasteiger partial charge in [-0.25, -0.2) is 0 Å². The summed E-state index contributed by atoms with van der Waals surface area (Å²) in [5, 5.41) is 46.7. The lowest BCUT2D eigenvalue weighted by molar-refractivity contribution is -0.138. The van der Waals surface area contributed by atoms with Gasteiger partial charge in [0.1, 0.15) is 67.0 Å². The van der Waals surface area contributed by atoms with Crippen molar-refractivity contribution < 1.29 is 72.5 Å². The smallest absolute Gasteiger partial charge is 0.322 e. The Morgan fingerprint density at radius 1 is 0.488 bits per heavy atom. The highest BCUT2D eigenvalue weighted by Crippen LogP contribution is 2.15. The van der Waals surface area contributed by atoms with Crippen LogP contribution < -0.4 is 75.7 Å². The number of aliphatic hydroxyl groups excluding tert-OH is 1. The number of hydrogen-bond acceptors (Lipinski definition) is 16. The number of rotatable bonds is 40. The molecule has 0 saturated carbocycles. The molecule has 1 aromatic carbocycles. The second-order valence-corrected chi connectivity index (χ2v) is 22.8. The number of aliphatic carboxylic acids is 1. The highest BCUT2D eigenvalue weighted by molar-refractivity contribution is 5.99. The minimum atomic E-state index is -1.54. The zero-order valence-corrected chi connectivity index (χ0v) is 51.5. The third-order valence-corrected chi connectivity index (χ3v) is 13.7. The summed E-state index contributed by atoms with van der Waals surface area (Å²) < 4.78 is 0. The van der Waals surface area contributed by atoms with Crippen molar-refractivity contribution in [2.24, 2.45) is 40.9 Å². The monoisotopic (exact) mass is 1220 g/mol. The Morgan fingerprint density at radius 3 is 1.41 bits per heavy atom. The van der Waals surface area contributed by atoms with Crippen LogP contribution in [-0.4, -0.2) is 173 Å². The third kappa shape index (κ3) is 28.4. The summed E-state index contributed by atoms with van der Waals surface area (Å²) in [6.45, 7) is 16.6. The Hall–Kier alpha value is -7.79. The normalized spacial score (nSPS) is 15.4. The maximum Gasteiger partial charge on any atom is 0.322 e. The van der Waals surface area contributed by atoms with E-state index in [1.807, 2.05) is 0 Å².